The van der Waals surface area contributed by atoms with Gasteiger partial charge in [-0.1, -0.05) is 146 Å². The predicted molar refractivity (Wildman–Crippen MR) is 251 cm³/mol. The zero-order chi connectivity index (χ0) is 39.7. The van der Waals surface area contributed by atoms with Crippen LogP contribution in [-0.4, -0.2) is 4.57 Å². The average Bonchev–Trinajstić information content (AvgIpc) is 4.00. The number of fused-ring (bicyclic) bond motifs is 9. The third-order valence-corrected chi connectivity index (χ3v) is 12.0. The number of rotatable bonds is 7. The summed E-state index contributed by atoms with van der Waals surface area (Å²) in [4.78, 5) is 2.32. The van der Waals surface area contributed by atoms with Gasteiger partial charge in [-0.05, 0) is 77.9 Å². The van der Waals surface area contributed by atoms with Crippen molar-refractivity contribution in [3.05, 3.63) is 212 Å². The molecule has 0 aliphatic carbocycles. The summed E-state index contributed by atoms with van der Waals surface area (Å²) >= 11 is 0. The van der Waals surface area contributed by atoms with Crippen LogP contribution in [0.3, 0.4) is 0 Å². The Morgan fingerprint density at radius 1 is 0.383 bits per heavy atom. The Balaban J connectivity index is 0.972. The van der Waals surface area contributed by atoms with Crippen molar-refractivity contribution in [3.8, 4) is 27.9 Å². The second kappa shape index (κ2) is 13.5. The number of furan rings is 2. The first-order valence-corrected chi connectivity index (χ1v) is 20.3. The molecule has 0 fully saturated rings. The molecule has 0 aliphatic heterocycles. The molecule has 0 N–H and O–H groups in total. The zero-order valence-electron chi connectivity index (χ0n) is 32.5. The van der Waals surface area contributed by atoms with Crippen molar-refractivity contribution < 1.29 is 8.83 Å². The summed E-state index contributed by atoms with van der Waals surface area (Å²) in [6.45, 7) is 4.02. The molecule has 0 radical (unpaired) electrons. The molecule has 0 atom stereocenters. The van der Waals surface area contributed by atoms with Gasteiger partial charge in [0, 0.05) is 71.8 Å². The van der Waals surface area contributed by atoms with Crippen LogP contribution in [0, 0.1) is 0 Å². The SMILES string of the molecule is C=Cc1cccc2c1oc1c(-c3ccc(N(c4ccc(-c5cccc6c5oc5ccccc56)cc4)c4ccc(-n5c6ccccc6c6ccccc65)cc4)cc3)cccc12. The van der Waals surface area contributed by atoms with Crippen molar-refractivity contribution in [3.63, 3.8) is 0 Å². The first-order valence-electron chi connectivity index (χ1n) is 20.3. The van der Waals surface area contributed by atoms with Crippen LogP contribution in [0.5, 0.6) is 0 Å². The molecular weight excluding hydrogens is 733 g/mol. The Labute approximate surface area is 346 Å². The van der Waals surface area contributed by atoms with E-state index in [1.54, 1.807) is 0 Å². The lowest BCUT2D eigenvalue weighted by molar-refractivity contribution is 0.669. The first-order chi connectivity index (χ1) is 29.7. The van der Waals surface area contributed by atoms with Crippen LogP contribution >= 0.6 is 0 Å². The van der Waals surface area contributed by atoms with Crippen LogP contribution < -0.4 is 4.90 Å². The van der Waals surface area contributed by atoms with Gasteiger partial charge in [0.1, 0.15) is 22.3 Å². The van der Waals surface area contributed by atoms with Gasteiger partial charge in [0.2, 0.25) is 0 Å². The highest BCUT2D eigenvalue weighted by atomic mass is 16.3. The smallest absolute Gasteiger partial charge is 0.143 e. The van der Waals surface area contributed by atoms with E-state index in [-0.39, 0.29) is 0 Å². The van der Waals surface area contributed by atoms with E-state index in [0.717, 1.165) is 94.4 Å². The fraction of sp³-hybridized carbons (Fsp3) is 0. The maximum absolute atomic E-state index is 6.57. The highest BCUT2D eigenvalue weighted by Gasteiger charge is 2.19. The van der Waals surface area contributed by atoms with Gasteiger partial charge in [0.05, 0.1) is 11.0 Å². The third-order valence-electron chi connectivity index (χ3n) is 12.0. The molecule has 12 rings (SSSR count). The summed E-state index contributed by atoms with van der Waals surface area (Å²) in [7, 11) is 0. The monoisotopic (exact) mass is 768 g/mol. The Morgan fingerprint density at radius 2 is 0.833 bits per heavy atom. The molecule has 0 spiro atoms. The number of hydrogen-bond donors (Lipinski definition) is 0. The van der Waals surface area contributed by atoms with Crippen molar-refractivity contribution in [2.75, 3.05) is 4.90 Å². The van der Waals surface area contributed by atoms with Gasteiger partial charge in [0.25, 0.3) is 0 Å². The molecule has 4 heteroatoms. The minimum atomic E-state index is 0.863. The zero-order valence-corrected chi connectivity index (χ0v) is 32.5. The summed E-state index contributed by atoms with van der Waals surface area (Å²) in [6.07, 6.45) is 1.86. The summed E-state index contributed by atoms with van der Waals surface area (Å²) in [5, 5.41) is 6.93. The Hall–Kier alpha value is -8.08. The van der Waals surface area contributed by atoms with Gasteiger partial charge in [-0.3, -0.25) is 0 Å². The van der Waals surface area contributed by atoms with E-state index in [0.29, 0.717) is 0 Å². The maximum Gasteiger partial charge on any atom is 0.143 e. The molecule has 0 bridgehead atoms. The van der Waals surface area contributed by atoms with Crippen molar-refractivity contribution >= 4 is 88.8 Å². The predicted octanol–water partition coefficient (Wildman–Crippen LogP) is 16.0. The van der Waals surface area contributed by atoms with Crippen LogP contribution in [0.25, 0.3) is 99.7 Å². The van der Waals surface area contributed by atoms with Crippen molar-refractivity contribution in [1.82, 2.24) is 4.57 Å². The molecule has 12 aromatic rings. The molecule has 0 amide bonds. The largest absolute Gasteiger partial charge is 0.455 e. The van der Waals surface area contributed by atoms with Gasteiger partial charge in [-0.2, -0.15) is 0 Å². The number of aromatic nitrogens is 1. The van der Waals surface area contributed by atoms with E-state index in [2.05, 4.69) is 198 Å². The van der Waals surface area contributed by atoms with Gasteiger partial charge >= 0.3 is 0 Å². The standard InChI is InChI=1S/C56H36N2O2/c1-2-36-12-9-18-49-50-20-11-17-44(56(50)60-54(36)49)38-26-30-40(31-27-38)57(39-28-24-37(25-29-39)43-16-10-19-48-47-15-5-8-23-53(47)59-55(43)48)41-32-34-42(35-33-41)58-51-21-6-3-13-45(51)46-14-4-7-22-52(46)58/h2-35H,1H2. The van der Waals surface area contributed by atoms with Gasteiger partial charge in [-0.25, -0.2) is 0 Å². The minimum absolute atomic E-state index is 0.863. The second-order valence-electron chi connectivity index (χ2n) is 15.3. The van der Waals surface area contributed by atoms with Gasteiger partial charge in [-0.15, -0.1) is 0 Å². The lowest BCUT2D eigenvalue weighted by Crippen LogP contribution is -2.10. The summed E-state index contributed by atoms with van der Waals surface area (Å²) in [5.41, 5.74) is 15.5. The molecule has 60 heavy (non-hydrogen) atoms. The van der Waals surface area contributed by atoms with Gasteiger partial charge < -0.3 is 18.3 Å². The molecule has 3 aromatic heterocycles. The maximum atomic E-state index is 6.57. The molecule has 9 aromatic carbocycles. The minimum Gasteiger partial charge on any atom is -0.455 e. The molecule has 3 heterocycles. The van der Waals surface area contributed by atoms with E-state index < -0.39 is 0 Å². The Kier molecular flexibility index (Phi) is 7.66. The highest BCUT2D eigenvalue weighted by Crippen LogP contribution is 2.42. The van der Waals surface area contributed by atoms with Crippen molar-refractivity contribution in [2.45, 2.75) is 0 Å². The summed E-state index contributed by atoms with van der Waals surface area (Å²) in [5.74, 6) is 0. The molecule has 0 aliphatic rings. The fourth-order valence-electron chi connectivity index (χ4n) is 9.18. The third kappa shape index (κ3) is 5.25. The quantitative estimate of drug-likeness (QED) is 0.162. The number of hydrogen-bond acceptors (Lipinski definition) is 3. The molecule has 4 nitrogen and oxygen atoms in total. The normalized spacial score (nSPS) is 11.7. The van der Waals surface area contributed by atoms with Crippen LogP contribution in [0.1, 0.15) is 5.56 Å². The second-order valence-corrected chi connectivity index (χ2v) is 15.3. The topological polar surface area (TPSA) is 34.5 Å². The molecular formula is C56H36N2O2. The average molecular weight is 769 g/mol. The number of benzene rings is 9. The summed E-state index contributed by atoms with van der Waals surface area (Å²) < 4.78 is 15.4. The van der Waals surface area contributed by atoms with Crippen LogP contribution in [0.4, 0.5) is 17.1 Å². The van der Waals surface area contributed by atoms with Crippen LogP contribution in [-0.2, 0) is 0 Å². The van der Waals surface area contributed by atoms with Crippen molar-refractivity contribution in [2.24, 2.45) is 0 Å². The number of anilines is 3. The Morgan fingerprint density at radius 3 is 1.42 bits per heavy atom. The van der Waals surface area contributed by atoms with E-state index in [9.17, 15) is 0 Å². The molecule has 0 saturated carbocycles. The fourth-order valence-corrected chi connectivity index (χ4v) is 9.18. The number of nitrogens with zero attached hydrogens (tertiary/aromatic N) is 2. The first kappa shape index (κ1) is 34.0. The van der Waals surface area contributed by atoms with E-state index in [1.807, 2.05) is 24.3 Å². The lowest BCUT2D eigenvalue weighted by atomic mass is 10.0. The summed E-state index contributed by atoms with van der Waals surface area (Å²) in [6, 6.07) is 71.0. The van der Waals surface area contributed by atoms with Crippen LogP contribution in [0.15, 0.2) is 216 Å². The molecule has 0 saturated heterocycles. The lowest BCUT2D eigenvalue weighted by Gasteiger charge is -2.26. The Bertz CT molecular complexity index is 3550. The number of para-hydroxylation sites is 6. The molecule has 0 unspecified atom stereocenters. The van der Waals surface area contributed by atoms with E-state index >= 15 is 0 Å². The highest BCUT2D eigenvalue weighted by molar-refractivity contribution is 6.12. The van der Waals surface area contributed by atoms with E-state index in [4.69, 9.17) is 8.83 Å². The van der Waals surface area contributed by atoms with Crippen LogP contribution in [0.2, 0.25) is 0 Å². The van der Waals surface area contributed by atoms with E-state index in [1.165, 1.54) is 21.8 Å². The molecule has 282 valence electrons. The van der Waals surface area contributed by atoms with Crippen molar-refractivity contribution in [1.29, 1.82) is 0 Å². The van der Waals surface area contributed by atoms with Gasteiger partial charge in [0.15, 0.2) is 0 Å².